The third kappa shape index (κ3) is 3.94. The highest BCUT2D eigenvalue weighted by molar-refractivity contribution is 7.22. The van der Waals surface area contributed by atoms with Crippen LogP contribution in [0.5, 0.6) is 0 Å². The molecule has 5 heteroatoms. The Hall–Kier alpha value is -3.05. The third-order valence-electron chi connectivity index (χ3n) is 4.59. The number of hydrogen-bond donors (Lipinski definition) is 0. The van der Waals surface area contributed by atoms with Gasteiger partial charge in [0, 0.05) is 6.20 Å². The van der Waals surface area contributed by atoms with Crippen LogP contribution in [0.4, 0.5) is 5.13 Å². The summed E-state index contributed by atoms with van der Waals surface area (Å²) in [4.78, 5) is 24.2. The molecule has 0 saturated heterocycles. The molecule has 28 heavy (non-hydrogen) atoms. The van der Waals surface area contributed by atoms with Gasteiger partial charge in [0.15, 0.2) is 5.13 Å². The van der Waals surface area contributed by atoms with Crippen LogP contribution in [0.2, 0.25) is 0 Å². The summed E-state index contributed by atoms with van der Waals surface area (Å²) in [5, 5.41) is 0.718. The van der Waals surface area contributed by atoms with Crippen LogP contribution >= 0.6 is 11.3 Å². The number of benzene rings is 2. The van der Waals surface area contributed by atoms with Crippen LogP contribution < -0.4 is 4.90 Å². The van der Waals surface area contributed by atoms with Crippen molar-refractivity contribution in [2.24, 2.45) is 0 Å². The number of carbonyl (C=O) groups is 1. The van der Waals surface area contributed by atoms with Gasteiger partial charge in [0.25, 0.3) is 0 Å². The Balaban J connectivity index is 1.72. The van der Waals surface area contributed by atoms with Crippen molar-refractivity contribution in [3.63, 3.8) is 0 Å². The molecule has 0 atom stereocenters. The van der Waals surface area contributed by atoms with Gasteiger partial charge in [0.1, 0.15) is 0 Å². The zero-order valence-corrected chi connectivity index (χ0v) is 16.7. The lowest BCUT2D eigenvalue weighted by atomic mass is 10.1. The quantitative estimate of drug-likeness (QED) is 0.479. The molecular formula is C23H21N3OS. The van der Waals surface area contributed by atoms with Crippen LogP contribution in [0.25, 0.3) is 10.2 Å². The van der Waals surface area contributed by atoms with Gasteiger partial charge in [0.2, 0.25) is 5.91 Å². The van der Waals surface area contributed by atoms with Gasteiger partial charge in [-0.2, -0.15) is 0 Å². The molecule has 4 aromatic rings. The summed E-state index contributed by atoms with van der Waals surface area (Å²) in [7, 11) is 0. The van der Waals surface area contributed by atoms with Crippen LogP contribution in [0.1, 0.15) is 22.4 Å². The normalized spacial score (nSPS) is 10.9. The maximum Gasteiger partial charge on any atom is 0.233 e. The number of aryl methyl sites for hydroxylation is 2. The lowest BCUT2D eigenvalue weighted by molar-refractivity contribution is -0.118. The summed E-state index contributed by atoms with van der Waals surface area (Å²) < 4.78 is 1.12. The van der Waals surface area contributed by atoms with Crippen molar-refractivity contribution in [1.29, 1.82) is 0 Å². The lowest BCUT2D eigenvalue weighted by Gasteiger charge is -2.19. The van der Waals surface area contributed by atoms with Crippen LogP contribution in [-0.2, 0) is 17.8 Å². The highest BCUT2D eigenvalue weighted by Gasteiger charge is 2.21. The second-order valence-electron chi connectivity index (χ2n) is 6.89. The average molecular weight is 388 g/mol. The van der Waals surface area contributed by atoms with Gasteiger partial charge in [-0.25, -0.2) is 4.98 Å². The van der Waals surface area contributed by atoms with Gasteiger partial charge >= 0.3 is 0 Å². The highest BCUT2D eigenvalue weighted by atomic mass is 32.1. The number of aromatic nitrogens is 2. The Bertz CT molecular complexity index is 1110. The highest BCUT2D eigenvalue weighted by Crippen LogP contribution is 2.33. The molecule has 0 aliphatic rings. The first-order chi connectivity index (χ1) is 13.6. The van der Waals surface area contributed by atoms with Gasteiger partial charge in [-0.3, -0.25) is 14.7 Å². The Morgan fingerprint density at radius 2 is 1.82 bits per heavy atom. The Morgan fingerprint density at radius 1 is 1.04 bits per heavy atom. The van der Waals surface area contributed by atoms with Crippen molar-refractivity contribution in [3.8, 4) is 0 Å². The van der Waals surface area contributed by atoms with Crippen LogP contribution in [0.3, 0.4) is 0 Å². The molecule has 4 rings (SSSR count). The van der Waals surface area contributed by atoms with Crippen molar-refractivity contribution in [2.75, 3.05) is 4.90 Å². The second-order valence-corrected chi connectivity index (χ2v) is 7.87. The zero-order chi connectivity index (χ0) is 19.5. The fourth-order valence-corrected chi connectivity index (χ4v) is 4.29. The van der Waals surface area contributed by atoms with Crippen molar-refractivity contribution in [2.45, 2.75) is 26.8 Å². The van der Waals surface area contributed by atoms with Crippen molar-refractivity contribution in [3.05, 3.63) is 89.2 Å². The topological polar surface area (TPSA) is 46.1 Å². The average Bonchev–Trinajstić information content (AvgIpc) is 3.11. The van der Waals surface area contributed by atoms with Gasteiger partial charge in [-0.05, 0) is 48.7 Å². The van der Waals surface area contributed by atoms with E-state index in [1.165, 1.54) is 11.1 Å². The molecule has 2 heterocycles. The first kappa shape index (κ1) is 18.3. The Labute approximate surface area is 168 Å². The minimum absolute atomic E-state index is 0.0188. The molecule has 4 nitrogen and oxygen atoms in total. The fourth-order valence-electron chi connectivity index (χ4n) is 3.26. The maximum atomic E-state index is 13.2. The molecule has 1 amide bonds. The predicted octanol–water partition coefficient (Wildman–Crippen LogP) is 5.08. The number of pyridine rings is 1. The van der Waals surface area contributed by atoms with E-state index in [2.05, 4.69) is 31.0 Å². The summed E-state index contributed by atoms with van der Waals surface area (Å²) in [5.41, 5.74) is 5.14. The van der Waals surface area contributed by atoms with E-state index < -0.39 is 0 Å². The molecule has 0 aliphatic heterocycles. The van der Waals surface area contributed by atoms with Gasteiger partial charge < -0.3 is 0 Å². The first-order valence-electron chi connectivity index (χ1n) is 9.22. The van der Waals surface area contributed by atoms with Crippen molar-refractivity contribution >= 4 is 32.6 Å². The third-order valence-corrected chi connectivity index (χ3v) is 5.81. The van der Waals surface area contributed by atoms with E-state index in [1.807, 2.05) is 48.5 Å². The summed E-state index contributed by atoms with van der Waals surface area (Å²) in [6.45, 7) is 4.56. The summed E-state index contributed by atoms with van der Waals surface area (Å²) >= 11 is 1.57. The number of hydrogen-bond acceptors (Lipinski definition) is 4. The van der Waals surface area contributed by atoms with Crippen molar-refractivity contribution < 1.29 is 4.79 Å². The van der Waals surface area contributed by atoms with E-state index in [-0.39, 0.29) is 5.91 Å². The number of amides is 1. The Kier molecular flexibility index (Phi) is 5.17. The summed E-state index contributed by atoms with van der Waals surface area (Å²) in [6, 6.07) is 19.8. The van der Waals surface area contributed by atoms with Gasteiger partial charge in [0.05, 0.1) is 28.9 Å². The standard InChI is InChI=1S/C23H21N3OS/c1-16-12-17(2)22-20(13-16)25-23(28-22)26(15-19-10-6-7-11-24-19)21(27)14-18-8-4-3-5-9-18/h3-13H,14-15H2,1-2H3. The Morgan fingerprint density at radius 3 is 2.57 bits per heavy atom. The van der Waals surface area contributed by atoms with Gasteiger partial charge in [-0.1, -0.05) is 53.8 Å². The van der Waals surface area contributed by atoms with E-state index in [1.54, 1.807) is 22.4 Å². The van der Waals surface area contributed by atoms with E-state index in [4.69, 9.17) is 4.98 Å². The van der Waals surface area contributed by atoms with Gasteiger partial charge in [-0.15, -0.1) is 0 Å². The molecule has 0 spiro atoms. The van der Waals surface area contributed by atoms with E-state index in [9.17, 15) is 4.79 Å². The van der Waals surface area contributed by atoms with E-state index in [0.717, 1.165) is 26.6 Å². The molecule has 2 aromatic heterocycles. The first-order valence-corrected chi connectivity index (χ1v) is 10.0. The number of fused-ring (bicyclic) bond motifs is 1. The zero-order valence-electron chi connectivity index (χ0n) is 15.9. The molecule has 0 radical (unpaired) electrons. The van der Waals surface area contributed by atoms with Crippen molar-refractivity contribution in [1.82, 2.24) is 9.97 Å². The lowest BCUT2D eigenvalue weighted by Crippen LogP contribution is -2.32. The fraction of sp³-hybridized carbons (Fsp3) is 0.174. The minimum Gasteiger partial charge on any atom is -0.282 e. The summed E-state index contributed by atoms with van der Waals surface area (Å²) in [6.07, 6.45) is 2.09. The van der Waals surface area contributed by atoms with E-state index in [0.29, 0.717) is 13.0 Å². The molecule has 0 aliphatic carbocycles. The molecular weight excluding hydrogens is 366 g/mol. The SMILES string of the molecule is Cc1cc(C)c2sc(N(Cc3ccccn3)C(=O)Cc3ccccc3)nc2c1. The molecule has 0 saturated carbocycles. The monoisotopic (exact) mass is 387 g/mol. The van der Waals surface area contributed by atoms with Crippen LogP contribution in [0.15, 0.2) is 66.9 Å². The molecule has 140 valence electrons. The smallest absolute Gasteiger partial charge is 0.233 e. The molecule has 0 N–H and O–H groups in total. The summed E-state index contributed by atoms with van der Waals surface area (Å²) in [5.74, 6) is 0.0188. The van der Waals surface area contributed by atoms with Crippen LogP contribution in [-0.4, -0.2) is 15.9 Å². The minimum atomic E-state index is 0.0188. The molecule has 0 unspecified atom stereocenters. The predicted molar refractivity (Wildman–Crippen MR) is 115 cm³/mol. The number of thiazole rings is 1. The molecule has 0 bridgehead atoms. The number of carbonyl (C=O) groups excluding carboxylic acids is 1. The largest absolute Gasteiger partial charge is 0.282 e. The number of nitrogens with zero attached hydrogens (tertiary/aromatic N) is 3. The number of anilines is 1. The molecule has 2 aromatic carbocycles. The maximum absolute atomic E-state index is 13.2. The molecule has 0 fully saturated rings. The number of rotatable bonds is 5. The second kappa shape index (κ2) is 7.90. The van der Waals surface area contributed by atoms with Crippen LogP contribution in [0, 0.1) is 13.8 Å². The van der Waals surface area contributed by atoms with E-state index >= 15 is 0 Å².